The molecule has 1 aromatic carbocycles. The first-order valence-corrected chi connectivity index (χ1v) is 6.91. The minimum Gasteiger partial charge on any atom is -0.478 e. The second-order valence-corrected chi connectivity index (χ2v) is 6.50. The van der Waals surface area contributed by atoms with Gasteiger partial charge in [-0.15, -0.1) is 0 Å². The highest BCUT2D eigenvalue weighted by Gasteiger charge is 2.33. The predicted octanol–water partition coefficient (Wildman–Crippen LogP) is 4.56. The molecule has 108 valence electrons. The normalized spacial score (nSPS) is 18.6. The molecule has 0 spiro atoms. The number of oxime groups is 1. The molecule has 0 radical (unpaired) electrons. The zero-order chi connectivity index (χ0) is 15.1. The monoisotopic (exact) mass is 315 g/mol. The SMILES string of the molecule is CC(C)(C)C1=NOC(c2c(Cl)ccc(C(=O)O)c2Cl)C1. The standard InChI is InChI=1S/C14H15Cl2NO3/c1-14(2,3)10-6-9(20-17-10)11-8(15)5-4-7(12(11)16)13(18)19/h4-5,9H,6H2,1-3H3,(H,18,19). The molecule has 0 bridgehead atoms. The van der Waals surface area contributed by atoms with E-state index in [-0.39, 0.29) is 16.0 Å². The van der Waals surface area contributed by atoms with E-state index < -0.39 is 12.1 Å². The number of nitrogens with zero attached hydrogens (tertiary/aromatic N) is 1. The van der Waals surface area contributed by atoms with Crippen LogP contribution in [0.1, 0.15) is 49.2 Å². The van der Waals surface area contributed by atoms with E-state index >= 15 is 0 Å². The van der Waals surface area contributed by atoms with Gasteiger partial charge in [-0.05, 0) is 12.1 Å². The zero-order valence-corrected chi connectivity index (χ0v) is 12.9. The van der Waals surface area contributed by atoms with Crippen LogP contribution in [0.25, 0.3) is 0 Å². The summed E-state index contributed by atoms with van der Waals surface area (Å²) in [6, 6.07) is 2.90. The van der Waals surface area contributed by atoms with Gasteiger partial charge in [-0.1, -0.05) is 49.1 Å². The van der Waals surface area contributed by atoms with Gasteiger partial charge < -0.3 is 9.94 Å². The number of halogens is 2. The van der Waals surface area contributed by atoms with Crippen LogP contribution in [0.15, 0.2) is 17.3 Å². The van der Waals surface area contributed by atoms with Crippen molar-refractivity contribution in [3.05, 3.63) is 33.3 Å². The summed E-state index contributed by atoms with van der Waals surface area (Å²) in [4.78, 5) is 16.5. The molecule has 1 aromatic rings. The molecule has 1 aliphatic rings. The van der Waals surface area contributed by atoms with E-state index in [4.69, 9.17) is 33.1 Å². The third-order valence-corrected chi connectivity index (χ3v) is 3.95. The first kappa shape index (κ1) is 15.1. The van der Waals surface area contributed by atoms with Gasteiger partial charge in [0.25, 0.3) is 0 Å². The van der Waals surface area contributed by atoms with Gasteiger partial charge in [0.15, 0.2) is 6.10 Å². The highest BCUT2D eigenvalue weighted by molar-refractivity contribution is 6.38. The topological polar surface area (TPSA) is 58.9 Å². The van der Waals surface area contributed by atoms with Gasteiger partial charge in [-0.2, -0.15) is 0 Å². The second-order valence-electron chi connectivity index (χ2n) is 5.71. The largest absolute Gasteiger partial charge is 0.478 e. The lowest BCUT2D eigenvalue weighted by Gasteiger charge is -2.18. The quantitative estimate of drug-likeness (QED) is 0.870. The number of carboxylic acid groups (broad SMARTS) is 1. The average Bonchev–Trinajstić information content (AvgIpc) is 2.77. The summed E-state index contributed by atoms with van der Waals surface area (Å²) < 4.78 is 0. The Bertz CT molecular complexity index is 591. The Morgan fingerprint density at radius 1 is 1.40 bits per heavy atom. The van der Waals surface area contributed by atoms with Crippen LogP contribution in [0.2, 0.25) is 10.0 Å². The van der Waals surface area contributed by atoms with E-state index in [0.717, 1.165) is 5.71 Å². The summed E-state index contributed by atoms with van der Waals surface area (Å²) in [6.07, 6.45) is 0.106. The molecule has 0 saturated heterocycles. The summed E-state index contributed by atoms with van der Waals surface area (Å²) in [5, 5.41) is 13.7. The van der Waals surface area contributed by atoms with Gasteiger partial charge >= 0.3 is 5.97 Å². The smallest absolute Gasteiger partial charge is 0.337 e. The van der Waals surface area contributed by atoms with Crippen LogP contribution in [0.5, 0.6) is 0 Å². The molecule has 1 aliphatic heterocycles. The fraction of sp³-hybridized carbons (Fsp3) is 0.429. The summed E-state index contributed by atoms with van der Waals surface area (Å²) in [5.74, 6) is -1.09. The van der Waals surface area contributed by atoms with Crippen molar-refractivity contribution in [2.45, 2.75) is 33.3 Å². The predicted molar refractivity (Wildman–Crippen MR) is 78.8 cm³/mol. The molecular weight excluding hydrogens is 301 g/mol. The molecule has 1 unspecified atom stereocenters. The number of hydrogen-bond acceptors (Lipinski definition) is 3. The fourth-order valence-electron chi connectivity index (χ4n) is 2.00. The summed E-state index contributed by atoms with van der Waals surface area (Å²) in [7, 11) is 0. The molecule has 20 heavy (non-hydrogen) atoms. The highest BCUT2D eigenvalue weighted by atomic mass is 35.5. The van der Waals surface area contributed by atoms with Crippen molar-refractivity contribution < 1.29 is 14.7 Å². The Morgan fingerprint density at radius 3 is 2.55 bits per heavy atom. The van der Waals surface area contributed by atoms with Crippen LogP contribution in [-0.4, -0.2) is 16.8 Å². The van der Waals surface area contributed by atoms with Crippen LogP contribution in [0.3, 0.4) is 0 Å². The Kier molecular flexibility index (Phi) is 3.98. The molecule has 1 atom stereocenters. The Hall–Kier alpha value is -1.26. The molecule has 2 rings (SSSR count). The maximum atomic E-state index is 11.1. The summed E-state index contributed by atoms with van der Waals surface area (Å²) >= 11 is 12.3. The van der Waals surface area contributed by atoms with Gasteiger partial charge in [0.2, 0.25) is 0 Å². The maximum Gasteiger partial charge on any atom is 0.337 e. The average molecular weight is 316 g/mol. The van der Waals surface area contributed by atoms with Crippen LogP contribution >= 0.6 is 23.2 Å². The van der Waals surface area contributed by atoms with Crippen molar-refractivity contribution in [2.75, 3.05) is 0 Å². The first-order chi connectivity index (χ1) is 9.21. The fourth-order valence-corrected chi connectivity index (χ4v) is 2.70. The van der Waals surface area contributed by atoms with Crippen molar-refractivity contribution in [2.24, 2.45) is 10.6 Å². The molecule has 0 fully saturated rings. The van der Waals surface area contributed by atoms with E-state index in [1.54, 1.807) is 0 Å². The van der Waals surface area contributed by atoms with Crippen LogP contribution in [0.4, 0.5) is 0 Å². The third kappa shape index (κ3) is 2.76. The molecule has 6 heteroatoms. The molecular formula is C14H15Cl2NO3. The molecule has 1 heterocycles. The number of carboxylic acids is 1. The minimum absolute atomic E-state index is 0.0128. The Labute approximate surface area is 127 Å². The summed E-state index contributed by atoms with van der Waals surface area (Å²) in [6.45, 7) is 6.11. The molecule has 0 aromatic heterocycles. The van der Waals surface area contributed by atoms with E-state index in [2.05, 4.69) is 5.16 Å². The third-order valence-electron chi connectivity index (χ3n) is 3.21. The van der Waals surface area contributed by atoms with E-state index in [1.165, 1.54) is 12.1 Å². The van der Waals surface area contributed by atoms with Crippen molar-refractivity contribution in [3.63, 3.8) is 0 Å². The highest BCUT2D eigenvalue weighted by Crippen LogP contribution is 2.41. The zero-order valence-electron chi connectivity index (χ0n) is 11.4. The summed E-state index contributed by atoms with van der Waals surface area (Å²) in [5.41, 5.74) is 1.28. The molecule has 0 saturated carbocycles. The van der Waals surface area contributed by atoms with E-state index in [0.29, 0.717) is 17.0 Å². The Balaban J connectivity index is 2.37. The number of rotatable bonds is 2. The number of aromatic carboxylic acids is 1. The van der Waals surface area contributed by atoms with Gasteiger partial charge in [0, 0.05) is 22.4 Å². The molecule has 4 nitrogen and oxygen atoms in total. The number of hydrogen-bond donors (Lipinski definition) is 1. The maximum absolute atomic E-state index is 11.1. The van der Waals surface area contributed by atoms with E-state index in [1.807, 2.05) is 20.8 Å². The molecule has 0 amide bonds. The lowest BCUT2D eigenvalue weighted by atomic mass is 9.86. The lowest BCUT2D eigenvalue weighted by Crippen LogP contribution is -2.19. The van der Waals surface area contributed by atoms with Crippen LogP contribution in [0, 0.1) is 5.41 Å². The van der Waals surface area contributed by atoms with E-state index in [9.17, 15) is 4.79 Å². The van der Waals surface area contributed by atoms with Crippen molar-refractivity contribution in [1.29, 1.82) is 0 Å². The van der Waals surface area contributed by atoms with Crippen molar-refractivity contribution in [1.82, 2.24) is 0 Å². The number of benzene rings is 1. The van der Waals surface area contributed by atoms with Crippen LogP contribution in [-0.2, 0) is 4.84 Å². The number of carbonyl (C=O) groups is 1. The Morgan fingerprint density at radius 2 is 2.05 bits per heavy atom. The van der Waals surface area contributed by atoms with Gasteiger partial charge in [0.1, 0.15) is 0 Å². The van der Waals surface area contributed by atoms with Gasteiger partial charge in [-0.25, -0.2) is 4.79 Å². The van der Waals surface area contributed by atoms with Gasteiger partial charge in [-0.3, -0.25) is 0 Å². The minimum atomic E-state index is -1.09. The first-order valence-electron chi connectivity index (χ1n) is 6.16. The van der Waals surface area contributed by atoms with Crippen molar-refractivity contribution >= 4 is 34.9 Å². The van der Waals surface area contributed by atoms with Gasteiger partial charge in [0.05, 0.1) is 16.3 Å². The second kappa shape index (κ2) is 5.26. The molecule has 1 N–H and O–H groups in total. The molecule has 0 aliphatic carbocycles. The lowest BCUT2D eigenvalue weighted by molar-refractivity contribution is 0.0695. The van der Waals surface area contributed by atoms with Crippen LogP contribution < -0.4 is 0 Å². The van der Waals surface area contributed by atoms with Crippen molar-refractivity contribution in [3.8, 4) is 0 Å².